The number of ether oxygens (including phenoxy) is 5. The van der Waals surface area contributed by atoms with Crippen LogP contribution in [-0.2, 0) is 36.6 Å². The summed E-state index contributed by atoms with van der Waals surface area (Å²) in [5.74, 6) is 6.19. The molecule has 0 aliphatic carbocycles. The molecule has 2 aromatic carbocycles. The molecule has 0 aliphatic heterocycles. The minimum atomic E-state index is -2.18. The van der Waals surface area contributed by atoms with Crippen molar-refractivity contribution >= 4 is 8.32 Å². The van der Waals surface area contributed by atoms with Gasteiger partial charge in [0.15, 0.2) is 8.32 Å². The molecule has 0 radical (unpaired) electrons. The smallest absolute Gasteiger partial charge is 0.193 e. The molecule has 7 atom stereocenters. The van der Waals surface area contributed by atoms with Gasteiger partial charge in [-0.25, -0.2) is 0 Å². The van der Waals surface area contributed by atoms with Gasteiger partial charge in [-0.1, -0.05) is 114 Å². The topological polar surface area (TPSA) is 95.8 Å². The Labute approximate surface area is 303 Å². The van der Waals surface area contributed by atoms with E-state index < -0.39 is 38.7 Å². The summed E-state index contributed by atoms with van der Waals surface area (Å²) in [6, 6.07) is 17.7. The SMILES string of the molecule is CCC[C@@H](C[C@@H](C#C[C@H](O)[C@@H](C)[C@H](O)[C@H](C)[C@H](/C=C/COCc1ccc(OC)cc1)OCc1ccccc1)O[Si](C)(C)C(C)(C)C)OCOC. The van der Waals surface area contributed by atoms with Gasteiger partial charge < -0.3 is 38.3 Å². The van der Waals surface area contributed by atoms with Crippen LogP contribution < -0.4 is 4.74 Å². The van der Waals surface area contributed by atoms with Crippen molar-refractivity contribution in [3.8, 4) is 17.6 Å². The second-order valence-corrected chi connectivity index (χ2v) is 19.3. The van der Waals surface area contributed by atoms with Crippen LogP contribution in [0.5, 0.6) is 5.75 Å². The number of methoxy groups -OCH3 is 2. The van der Waals surface area contributed by atoms with Crippen molar-refractivity contribution in [2.45, 2.75) is 123 Å². The Hall–Kier alpha value is -2.52. The number of hydrogen-bond acceptors (Lipinski definition) is 8. The Morgan fingerprint density at radius 1 is 0.860 bits per heavy atom. The largest absolute Gasteiger partial charge is 0.497 e. The van der Waals surface area contributed by atoms with Crippen LogP contribution in [0.2, 0.25) is 18.1 Å². The molecule has 2 N–H and O–H groups in total. The number of benzene rings is 2. The highest BCUT2D eigenvalue weighted by molar-refractivity contribution is 6.74. The Balaban J connectivity index is 2.18. The zero-order chi connectivity index (χ0) is 37.2. The lowest BCUT2D eigenvalue weighted by Crippen LogP contribution is -2.44. The molecule has 2 rings (SSSR count). The third-order valence-electron chi connectivity index (χ3n) is 9.49. The molecule has 0 saturated heterocycles. The molecule has 0 fully saturated rings. The Bertz CT molecular complexity index is 1280. The van der Waals surface area contributed by atoms with E-state index in [1.807, 2.05) is 80.6 Å². The van der Waals surface area contributed by atoms with Crippen LogP contribution in [0, 0.1) is 23.7 Å². The van der Waals surface area contributed by atoms with E-state index in [9.17, 15) is 10.2 Å². The van der Waals surface area contributed by atoms with E-state index in [1.165, 1.54) is 0 Å². The lowest BCUT2D eigenvalue weighted by molar-refractivity contribution is -0.0826. The molecule has 0 spiro atoms. The van der Waals surface area contributed by atoms with E-state index in [2.05, 4.69) is 52.6 Å². The van der Waals surface area contributed by atoms with Gasteiger partial charge in [-0.05, 0) is 47.8 Å². The molecule has 50 heavy (non-hydrogen) atoms. The second-order valence-electron chi connectivity index (χ2n) is 14.6. The van der Waals surface area contributed by atoms with Gasteiger partial charge in [-0.2, -0.15) is 0 Å². The first-order valence-electron chi connectivity index (χ1n) is 17.9. The summed E-state index contributed by atoms with van der Waals surface area (Å²) in [6.07, 6.45) is 3.31. The van der Waals surface area contributed by atoms with Gasteiger partial charge in [0, 0.05) is 25.4 Å². The van der Waals surface area contributed by atoms with Crippen molar-refractivity contribution in [3.63, 3.8) is 0 Å². The van der Waals surface area contributed by atoms with Crippen molar-refractivity contribution in [3.05, 3.63) is 77.9 Å². The molecule has 280 valence electrons. The number of aliphatic hydroxyl groups is 2. The maximum Gasteiger partial charge on any atom is 0.193 e. The van der Waals surface area contributed by atoms with E-state index >= 15 is 0 Å². The van der Waals surface area contributed by atoms with Gasteiger partial charge in [0.25, 0.3) is 0 Å². The highest BCUT2D eigenvalue weighted by Crippen LogP contribution is 2.38. The zero-order valence-corrected chi connectivity index (χ0v) is 33.2. The zero-order valence-electron chi connectivity index (χ0n) is 32.2. The fourth-order valence-electron chi connectivity index (χ4n) is 5.14. The van der Waals surface area contributed by atoms with Crippen LogP contribution >= 0.6 is 0 Å². The maximum absolute atomic E-state index is 11.5. The van der Waals surface area contributed by atoms with E-state index in [0.29, 0.717) is 26.2 Å². The summed E-state index contributed by atoms with van der Waals surface area (Å²) in [7, 11) is 1.07. The Kier molecular flexibility index (Phi) is 19.6. The fourth-order valence-corrected chi connectivity index (χ4v) is 6.36. The third kappa shape index (κ3) is 15.4. The average molecular weight is 713 g/mol. The van der Waals surface area contributed by atoms with Crippen LogP contribution in [0.3, 0.4) is 0 Å². The van der Waals surface area contributed by atoms with Gasteiger partial charge in [-0.3, -0.25) is 0 Å². The van der Waals surface area contributed by atoms with E-state index in [4.69, 9.17) is 28.1 Å². The molecule has 0 amide bonds. The van der Waals surface area contributed by atoms with Gasteiger partial charge >= 0.3 is 0 Å². The summed E-state index contributed by atoms with van der Waals surface area (Å²) in [5, 5.41) is 22.8. The number of hydrogen-bond donors (Lipinski definition) is 2. The lowest BCUT2D eigenvalue weighted by Gasteiger charge is -2.38. The maximum atomic E-state index is 11.5. The second kappa shape index (κ2) is 22.4. The summed E-state index contributed by atoms with van der Waals surface area (Å²) in [5.41, 5.74) is 2.08. The summed E-state index contributed by atoms with van der Waals surface area (Å²) < 4.78 is 35.3. The minimum Gasteiger partial charge on any atom is -0.497 e. The van der Waals surface area contributed by atoms with Gasteiger partial charge in [0.05, 0.1) is 45.2 Å². The monoisotopic (exact) mass is 712 g/mol. The molecule has 0 aliphatic rings. The van der Waals surface area contributed by atoms with Crippen molar-refractivity contribution in [1.29, 1.82) is 0 Å². The fraction of sp³-hybridized carbons (Fsp3) is 0.610. The first-order valence-corrected chi connectivity index (χ1v) is 20.8. The predicted molar refractivity (Wildman–Crippen MR) is 203 cm³/mol. The normalized spacial score (nSPS) is 16.6. The predicted octanol–water partition coefficient (Wildman–Crippen LogP) is 7.92. The first-order chi connectivity index (χ1) is 23.7. The summed E-state index contributed by atoms with van der Waals surface area (Å²) in [4.78, 5) is 0. The first kappa shape index (κ1) is 43.6. The van der Waals surface area contributed by atoms with Gasteiger partial charge in [0.1, 0.15) is 24.8 Å². The lowest BCUT2D eigenvalue weighted by atomic mass is 9.86. The van der Waals surface area contributed by atoms with Crippen LogP contribution in [0.4, 0.5) is 0 Å². The Morgan fingerprint density at radius 3 is 2.12 bits per heavy atom. The average Bonchev–Trinajstić information content (AvgIpc) is 3.09. The highest BCUT2D eigenvalue weighted by Gasteiger charge is 2.39. The highest BCUT2D eigenvalue weighted by atomic mass is 28.4. The molecular formula is C41H64O8Si. The van der Waals surface area contributed by atoms with Crippen LogP contribution in [-0.4, -0.2) is 76.7 Å². The van der Waals surface area contributed by atoms with E-state index in [-0.39, 0.29) is 23.9 Å². The Morgan fingerprint density at radius 2 is 1.52 bits per heavy atom. The third-order valence-corrected chi connectivity index (χ3v) is 14.0. The van der Waals surface area contributed by atoms with Crippen molar-refractivity contribution in [2.24, 2.45) is 11.8 Å². The molecule has 0 aromatic heterocycles. The van der Waals surface area contributed by atoms with Crippen molar-refractivity contribution in [2.75, 3.05) is 27.6 Å². The van der Waals surface area contributed by atoms with Gasteiger partial charge in [-0.15, -0.1) is 0 Å². The van der Waals surface area contributed by atoms with E-state index in [1.54, 1.807) is 14.2 Å². The van der Waals surface area contributed by atoms with Gasteiger partial charge in [0.2, 0.25) is 0 Å². The standard InChI is InChI=1S/C41H64O8Si/c1-11-16-36(48-30-44-7)27-37(49-50(9,10)41(4,5)6)24-25-38(42)31(2)40(43)32(3)39(47-29-33-17-13-12-14-18-33)19-15-26-46-28-34-20-22-35(45-8)23-21-34/h12-15,17-23,31-32,36-40,42-43H,11,16,26-30H2,1-10H3/b19-15+/t31-,32-,36+,37-,38+,39+,40+/m1/s1. The summed E-state index contributed by atoms with van der Waals surface area (Å²) >= 11 is 0. The van der Waals surface area contributed by atoms with Crippen LogP contribution in [0.25, 0.3) is 0 Å². The van der Waals surface area contributed by atoms with Crippen molar-refractivity contribution < 1.29 is 38.3 Å². The van der Waals surface area contributed by atoms with E-state index in [0.717, 1.165) is 29.7 Å². The molecule has 0 unspecified atom stereocenters. The van der Waals surface area contributed by atoms with Crippen LogP contribution in [0.15, 0.2) is 66.7 Å². The molecular weight excluding hydrogens is 649 g/mol. The molecule has 8 nitrogen and oxygen atoms in total. The number of rotatable bonds is 22. The van der Waals surface area contributed by atoms with Crippen LogP contribution in [0.1, 0.15) is 71.9 Å². The minimum absolute atomic E-state index is 0.0128. The molecule has 0 saturated carbocycles. The molecule has 9 heteroatoms. The quantitative estimate of drug-likeness (QED) is 0.0418. The molecule has 0 heterocycles. The molecule has 2 aromatic rings. The summed E-state index contributed by atoms with van der Waals surface area (Å²) in [6.45, 7) is 18.3. The number of aliphatic hydroxyl groups excluding tert-OH is 2. The van der Waals surface area contributed by atoms with Crippen molar-refractivity contribution in [1.82, 2.24) is 0 Å². The molecule has 0 bridgehead atoms.